The second-order valence-corrected chi connectivity index (χ2v) is 4.86. The first-order valence-corrected chi connectivity index (χ1v) is 6.22. The standard InChI is InChI=1S/C12H17N5/c13-9-12(5-2-1-3-6-12)10-15-16-11-14-7-4-8-17(10)11/h4,7-8H,1-3,5-6,9,13H2. The van der Waals surface area contributed by atoms with Crippen LogP contribution in [0.5, 0.6) is 0 Å². The Morgan fingerprint density at radius 2 is 2.06 bits per heavy atom. The molecule has 90 valence electrons. The van der Waals surface area contributed by atoms with Crippen molar-refractivity contribution < 1.29 is 0 Å². The number of hydrogen-bond donors (Lipinski definition) is 1. The second kappa shape index (κ2) is 4.07. The Kier molecular flexibility index (Phi) is 2.55. The summed E-state index contributed by atoms with van der Waals surface area (Å²) in [6.45, 7) is 0.642. The Hall–Kier alpha value is -1.49. The number of nitrogens with two attached hydrogens (primary N) is 1. The van der Waals surface area contributed by atoms with Gasteiger partial charge in [0.2, 0.25) is 0 Å². The number of fused-ring (bicyclic) bond motifs is 1. The van der Waals surface area contributed by atoms with Gasteiger partial charge < -0.3 is 5.73 Å². The van der Waals surface area contributed by atoms with Gasteiger partial charge in [0.1, 0.15) is 5.82 Å². The van der Waals surface area contributed by atoms with Crippen LogP contribution in [0.3, 0.4) is 0 Å². The zero-order chi connectivity index (χ0) is 11.7. The molecule has 1 saturated carbocycles. The molecule has 0 aromatic carbocycles. The van der Waals surface area contributed by atoms with Gasteiger partial charge in [-0.1, -0.05) is 19.3 Å². The summed E-state index contributed by atoms with van der Waals surface area (Å²) >= 11 is 0. The van der Waals surface area contributed by atoms with Crippen LogP contribution in [0.15, 0.2) is 18.5 Å². The summed E-state index contributed by atoms with van der Waals surface area (Å²) in [7, 11) is 0. The quantitative estimate of drug-likeness (QED) is 0.845. The van der Waals surface area contributed by atoms with E-state index in [2.05, 4.69) is 15.2 Å². The topological polar surface area (TPSA) is 69.1 Å². The Bertz CT molecular complexity index is 512. The van der Waals surface area contributed by atoms with Gasteiger partial charge in [-0.3, -0.25) is 4.40 Å². The predicted octanol–water partition coefficient (Wildman–Crippen LogP) is 1.28. The lowest BCUT2D eigenvalue weighted by atomic mass is 9.73. The van der Waals surface area contributed by atoms with Gasteiger partial charge in [-0.15, -0.1) is 10.2 Å². The van der Waals surface area contributed by atoms with Crippen molar-refractivity contribution in [2.75, 3.05) is 6.54 Å². The second-order valence-electron chi connectivity index (χ2n) is 4.86. The van der Waals surface area contributed by atoms with Gasteiger partial charge in [-0.25, -0.2) is 4.98 Å². The van der Waals surface area contributed by atoms with Crippen LogP contribution in [-0.4, -0.2) is 26.1 Å². The van der Waals surface area contributed by atoms with Crippen molar-refractivity contribution in [1.29, 1.82) is 0 Å². The summed E-state index contributed by atoms with van der Waals surface area (Å²) in [6, 6.07) is 1.91. The van der Waals surface area contributed by atoms with Crippen molar-refractivity contribution in [2.45, 2.75) is 37.5 Å². The Morgan fingerprint density at radius 1 is 1.24 bits per heavy atom. The van der Waals surface area contributed by atoms with Crippen molar-refractivity contribution in [3.63, 3.8) is 0 Å². The molecule has 5 nitrogen and oxygen atoms in total. The van der Waals surface area contributed by atoms with Crippen molar-refractivity contribution >= 4 is 5.78 Å². The predicted molar refractivity (Wildman–Crippen MR) is 64.6 cm³/mol. The van der Waals surface area contributed by atoms with Gasteiger partial charge in [0.15, 0.2) is 0 Å². The molecule has 2 aromatic heterocycles. The fourth-order valence-corrected chi connectivity index (χ4v) is 2.85. The van der Waals surface area contributed by atoms with Gasteiger partial charge in [-0.2, -0.15) is 0 Å². The monoisotopic (exact) mass is 231 g/mol. The summed E-state index contributed by atoms with van der Waals surface area (Å²) in [6.07, 6.45) is 9.70. The first-order chi connectivity index (χ1) is 8.36. The molecule has 2 heterocycles. The Labute approximate surface area is 100 Å². The average Bonchev–Trinajstić information content (AvgIpc) is 2.84. The molecule has 3 rings (SSSR count). The molecule has 0 saturated heterocycles. The van der Waals surface area contributed by atoms with Gasteiger partial charge in [-0.05, 0) is 18.9 Å². The van der Waals surface area contributed by atoms with Crippen LogP contribution < -0.4 is 5.73 Å². The first kappa shape index (κ1) is 10.7. The summed E-state index contributed by atoms with van der Waals surface area (Å²) in [5, 5.41) is 8.47. The third-order valence-electron chi connectivity index (χ3n) is 3.86. The van der Waals surface area contributed by atoms with Crippen molar-refractivity contribution in [1.82, 2.24) is 19.6 Å². The molecular formula is C12H17N5. The SMILES string of the molecule is NCC1(c2nnc3ncccn23)CCCCC1. The van der Waals surface area contributed by atoms with E-state index in [0.29, 0.717) is 12.3 Å². The Morgan fingerprint density at radius 3 is 2.82 bits per heavy atom. The Balaban J connectivity index is 2.12. The minimum Gasteiger partial charge on any atom is -0.329 e. The van der Waals surface area contributed by atoms with E-state index in [1.54, 1.807) is 6.20 Å². The van der Waals surface area contributed by atoms with Crippen LogP contribution in [0.25, 0.3) is 5.78 Å². The number of nitrogens with zero attached hydrogens (tertiary/aromatic N) is 4. The van der Waals surface area contributed by atoms with E-state index >= 15 is 0 Å². The molecule has 17 heavy (non-hydrogen) atoms. The normalized spacial score (nSPS) is 19.6. The lowest BCUT2D eigenvalue weighted by Gasteiger charge is -2.34. The molecule has 1 aliphatic rings. The first-order valence-electron chi connectivity index (χ1n) is 6.22. The molecular weight excluding hydrogens is 214 g/mol. The van der Waals surface area contributed by atoms with Crippen molar-refractivity contribution in [3.05, 3.63) is 24.3 Å². The van der Waals surface area contributed by atoms with Crippen LogP contribution in [0.1, 0.15) is 37.9 Å². The van der Waals surface area contributed by atoms with E-state index in [-0.39, 0.29) is 5.41 Å². The third-order valence-corrected chi connectivity index (χ3v) is 3.86. The zero-order valence-corrected chi connectivity index (χ0v) is 9.84. The lowest BCUT2D eigenvalue weighted by molar-refractivity contribution is 0.284. The molecule has 2 aromatic rings. The van der Waals surface area contributed by atoms with Crippen LogP contribution in [0.2, 0.25) is 0 Å². The van der Waals surface area contributed by atoms with Crippen LogP contribution >= 0.6 is 0 Å². The maximum Gasteiger partial charge on any atom is 0.254 e. The molecule has 5 heteroatoms. The van der Waals surface area contributed by atoms with Gasteiger partial charge in [0.25, 0.3) is 5.78 Å². The van der Waals surface area contributed by atoms with Gasteiger partial charge >= 0.3 is 0 Å². The van der Waals surface area contributed by atoms with Crippen LogP contribution in [0.4, 0.5) is 0 Å². The van der Waals surface area contributed by atoms with Crippen LogP contribution in [-0.2, 0) is 5.41 Å². The summed E-state index contributed by atoms with van der Waals surface area (Å²) in [5.41, 5.74) is 6.02. The zero-order valence-electron chi connectivity index (χ0n) is 9.84. The smallest absolute Gasteiger partial charge is 0.254 e. The molecule has 0 atom stereocenters. The maximum absolute atomic E-state index is 6.02. The molecule has 0 radical (unpaired) electrons. The fourth-order valence-electron chi connectivity index (χ4n) is 2.85. The van der Waals surface area contributed by atoms with E-state index in [4.69, 9.17) is 5.73 Å². The summed E-state index contributed by atoms with van der Waals surface area (Å²) < 4.78 is 1.98. The fraction of sp³-hybridized carbons (Fsp3) is 0.583. The van der Waals surface area contributed by atoms with Gasteiger partial charge in [0, 0.05) is 24.4 Å². The molecule has 2 N–H and O–H groups in total. The lowest BCUT2D eigenvalue weighted by Crippen LogP contribution is -2.39. The molecule has 0 amide bonds. The highest BCUT2D eigenvalue weighted by atomic mass is 15.3. The molecule has 0 spiro atoms. The minimum absolute atomic E-state index is 0.000694. The molecule has 0 aliphatic heterocycles. The molecule has 0 bridgehead atoms. The summed E-state index contributed by atoms with van der Waals surface area (Å²) in [5.74, 6) is 1.66. The number of hydrogen-bond acceptors (Lipinski definition) is 4. The molecule has 1 fully saturated rings. The highest BCUT2D eigenvalue weighted by Gasteiger charge is 2.36. The minimum atomic E-state index is 0.000694. The third kappa shape index (κ3) is 1.61. The summed E-state index contributed by atoms with van der Waals surface area (Å²) in [4.78, 5) is 4.21. The number of aromatic nitrogens is 4. The molecule has 0 unspecified atom stereocenters. The van der Waals surface area contributed by atoms with E-state index in [1.165, 1.54) is 19.3 Å². The number of rotatable bonds is 2. The average molecular weight is 231 g/mol. The molecule has 1 aliphatic carbocycles. The van der Waals surface area contributed by atoms with E-state index in [1.807, 2.05) is 16.7 Å². The largest absolute Gasteiger partial charge is 0.329 e. The highest BCUT2D eigenvalue weighted by Crippen LogP contribution is 2.37. The van der Waals surface area contributed by atoms with Gasteiger partial charge in [0.05, 0.1) is 0 Å². The van der Waals surface area contributed by atoms with E-state index in [0.717, 1.165) is 18.7 Å². The van der Waals surface area contributed by atoms with Crippen molar-refractivity contribution in [2.24, 2.45) is 5.73 Å². The maximum atomic E-state index is 6.02. The van der Waals surface area contributed by atoms with E-state index < -0.39 is 0 Å². The van der Waals surface area contributed by atoms with Crippen molar-refractivity contribution in [3.8, 4) is 0 Å². The van der Waals surface area contributed by atoms with Crippen LogP contribution in [0, 0.1) is 0 Å². The highest BCUT2D eigenvalue weighted by molar-refractivity contribution is 5.29. The van der Waals surface area contributed by atoms with E-state index in [9.17, 15) is 0 Å².